The Bertz CT molecular complexity index is 599. The van der Waals surface area contributed by atoms with Gasteiger partial charge < -0.3 is 10.1 Å². The second-order valence-corrected chi connectivity index (χ2v) is 6.35. The first-order valence-electron chi connectivity index (χ1n) is 6.90. The summed E-state index contributed by atoms with van der Waals surface area (Å²) in [4.78, 5) is 11.8. The Labute approximate surface area is 125 Å². The fourth-order valence-electron chi connectivity index (χ4n) is 1.91. The predicted octanol–water partition coefficient (Wildman–Crippen LogP) is 2.11. The van der Waals surface area contributed by atoms with Crippen molar-refractivity contribution in [3.05, 3.63) is 18.2 Å². The Balaban J connectivity index is 3.03. The molecule has 1 atom stereocenters. The van der Waals surface area contributed by atoms with Crippen LogP contribution < -0.4 is 15.2 Å². The minimum atomic E-state index is -3.92. The van der Waals surface area contributed by atoms with E-state index < -0.39 is 10.0 Å². The second kappa shape index (κ2) is 7.42. The number of anilines is 1. The van der Waals surface area contributed by atoms with Crippen LogP contribution in [-0.4, -0.2) is 20.9 Å². The number of ether oxygens (including phenoxy) is 1. The summed E-state index contributed by atoms with van der Waals surface area (Å²) in [5, 5.41) is 7.87. The molecule has 0 aliphatic carbocycles. The predicted molar refractivity (Wildman–Crippen MR) is 81.7 cm³/mol. The number of carbonyl (C=O) groups excluding carboxylic acids is 1. The lowest BCUT2D eigenvalue weighted by atomic mass is 10.1. The highest BCUT2D eigenvalue weighted by Crippen LogP contribution is 2.26. The maximum absolute atomic E-state index is 12.0. The molecule has 0 bridgehead atoms. The maximum Gasteiger partial charge on any atom is 0.241 e. The molecule has 1 aromatic carbocycles. The normalized spacial score (nSPS) is 12.8. The first-order chi connectivity index (χ1) is 9.79. The molecule has 0 saturated heterocycles. The van der Waals surface area contributed by atoms with Gasteiger partial charge in [-0.2, -0.15) is 0 Å². The van der Waals surface area contributed by atoms with Crippen LogP contribution in [0.5, 0.6) is 5.75 Å². The van der Waals surface area contributed by atoms with E-state index in [0.717, 1.165) is 12.8 Å². The van der Waals surface area contributed by atoms with Crippen LogP contribution in [-0.2, 0) is 14.8 Å². The van der Waals surface area contributed by atoms with Crippen LogP contribution in [0, 0.1) is 5.92 Å². The summed E-state index contributed by atoms with van der Waals surface area (Å²) in [5.74, 6) is -0.111. The molecule has 118 valence electrons. The zero-order valence-corrected chi connectivity index (χ0v) is 13.4. The van der Waals surface area contributed by atoms with Gasteiger partial charge in [-0.25, -0.2) is 13.6 Å². The Morgan fingerprint density at radius 1 is 1.38 bits per heavy atom. The largest absolute Gasteiger partial charge is 0.492 e. The number of nitrogens with one attached hydrogen (secondary N) is 1. The molecule has 1 amide bonds. The van der Waals surface area contributed by atoms with E-state index in [-0.39, 0.29) is 22.5 Å². The summed E-state index contributed by atoms with van der Waals surface area (Å²) in [6, 6.07) is 4.40. The Morgan fingerprint density at radius 3 is 2.57 bits per heavy atom. The lowest BCUT2D eigenvalue weighted by molar-refractivity contribution is -0.119. The fraction of sp³-hybridized carbons (Fsp3) is 0.500. The van der Waals surface area contributed by atoms with Gasteiger partial charge in [0.25, 0.3) is 0 Å². The number of hydrogen-bond donors (Lipinski definition) is 2. The van der Waals surface area contributed by atoms with E-state index in [2.05, 4.69) is 5.32 Å². The third-order valence-electron chi connectivity index (χ3n) is 2.99. The lowest BCUT2D eigenvalue weighted by Gasteiger charge is -2.14. The number of hydrogen-bond acceptors (Lipinski definition) is 4. The summed E-state index contributed by atoms with van der Waals surface area (Å²) < 4.78 is 28.4. The number of benzene rings is 1. The van der Waals surface area contributed by atoms with Gasteiger partial charge >= 0.3 is 0 Å². The fourth-order valence-corrected chi connectivity index (χ4v) is 2.61. The van der Waals surface area contributed by atoms with Crippen molar-refractivity contribution in [3.8, 4) is 5.75 Å². The van der Waals surface area contributed by atoms with E-state index in [0.29, 0.717) is 12.3 Å². The van der Waals surface area contributed by atoms with Gasteiger partial charge in [-0.1, -0.05) is 20.3 Å². The van der Waals surface area contributed by atoms with Crippen LogP contribution >= 0.6 is 0 Å². The van der Waals surface area contributed by atoms with Gasteiger partial charge in [0.15, 0.2) is 0 Å². The quantitative estimate of drug-likeness (QED) is 0.805. The molecule has 0 aliphatic heterocycles. The van der Waals surface area contributed by atoms with Gasteiger partial charge in [0, 0.05) is 11.6 Å². The van der Waals surface area contributed by atoms with Crippen molar-refractivity contribution in [1.82, 2.24) is 0 Å². The molecule has 1 rings (SSSR count). The van der Waals surface area contributed by atoms with Crippen LogP contribution in [0.3, 0.4) is 0 Å². The lowest BCUT2D eigenvalue weighted by Crippen LogP contribution is -2.21. The molecule has 1 unspecified atom stereocenters. The topological polar surface area (TPSA) is 98.5 Å². The van der Waals surface area contributed by atoms with E-state index in [1.165, 1.54) is 12.1 Å². The number of nitrogens with two attached hydrogens (primary N) is 1. The Kier molecular flexibility index (Phi) is 6.17. The van der Waals surface area contributed by atoms with Crippen LogP contribution in [0.25, 0.3) is 0 Å². The zero-order valence-electron chi connectivity index (χ0n) is 12.5. The molecule has 0 fully saturated rings. The molecule has 0 spiro atoms. The van der Waals surface area contributed by atoms with Crippen LogP contribution in [0.15, 0.2) is 23.1 Å². The molecule has 6 nitrogen and oxygen atoms in total. The van der Waals surface area contributed by atoms with Gasteiger partial charge in [-0.3, -0.25) is 4.79 Å². The maximum atomic E-state index is 12.0. The van der Waals surface area contributed by atoms with Gasteiger partial charge in [0.05, 0.1) is 6.61 Å². The molecule has 0 saturated carbocycles. The molecular weight excluding hydrogens is 292 g/mol. The minimum Gasteiger partial charge on any atom is -0.492 e. The number of primary sulfonamides is 1. The Morgan fingerprint density at radius 2 is 2.05 bits per heavy atom. The van der Waals surface area contributed by atoms with E-state index in [4.69, 9.17) is 9.88 Å². The van der Waals surface area contributed by atoms with E-state index in [1.54, 1.807) is 13.0 Å². The number of carbonyl (C=O) groups is 1. The second-order valence-electron chi connectivity index (χ2n) is 4.82. The van der Waals surface area contributed by atoms with E-state index >= 15 is 0 Å². The van der Waals surface area contributed by atoms with Crippen molar-refractivity contribution >= 4 is 21.6 Å². The minimum absolute atomic E-state index is 0.134. The highest BCUT2D eigenvalue weighted by atomic mass is 32.2. The summed E-state index contributed by atoms with van der Waals surface area (Å²) in [7, 11) is -3.92. The third kappa shape index (κ3) is 5.02. The van der Waals surface area contributed by atoms with Crippen LogP contribution in [0.2, 0.25) is 0 Å². The first kappa shape index (κ1) is 17.5. The monoisotopic (exact) mass is 314 g/mol. The molecule has 0 aliphatic rings. The summed E-state index contributed by atoms with van der Waals surface area (Å²) in [6.07, 6.45) is 1.67. The van der Waals surface area contributed by atoms with Crippen molar-refractivity contribution in [2.45, 2.75) is 38.5 Å². The van der Waals surface area contributed by atoms with E-state index in [9.17, 15) is 13.2 Å². The van der Waals surface area contributed by atoms with Crippen molar-refractivity contribution in [1.29, 1.82) is 0 Å². The van der Waals surface area contributed by atoms with Gasteiger partial charge in [0.2, 0.25) is 15.9 Å². The molecule has 0 heterocycles. The molecular formula is C14H22N2O4S. The number of rotatable bonds is 7. The van der Waals surface area contributed by atoms with Gasteiger partial charge in [-0.05, 0) is 31.5 Å². The third-order valence-corrected chi connectivity index (χ3v) is 3.92. The average molecular weight is 314 g/mol. The molecule has 0 radical (unpaired) electrons. The Hall–Kier alpha value is -1.60. The standard InChI is InChI=1S/C14H22N2O4S/c1-4-6-10(3)14(17)16-11-7-8-12(20-5-2)13(9-11)21(15,18)19/h7-10H,4-6H2,1-3H3,(H,16,17)(H2,15,18,19). The highest BCUT2D eigenvalue weighted by Gasteiger charge is 2.18. The van der Waals surface area contributed by atoms with Crippen LogP contribution in [0.1, 0.15) is 33.6 Å². The van der Waals surface area contributed by atoms with Gasteiger partial charge in [-0.15, -0.1) is 0 Å². The number of sulfonamides is 1. The van der Waals surface area contributed by atoms with E-state index in [1.807, 2.05) is 13.8 Å². The van der Waals surface area contributed by atoms with Crippen molar-refractivity contribution in [2.75, 3.05) is 11.9 Å². The number of amides is 1. The molecule has 3 N–H and O–H groups in total. The summed E-state index contributed by atoms with van der Waals surface area (Å²) >= 11 is 0. The van der Waals surface area contributed by atoms with Crippen molar-refractivity contribution in [2.24, 2.45) is 11.1 Å². The highest BCUT2D eigenvalue weighted by molar-refractivity contribution is 7.89. The summed E-state index contributed by atoms with van der Waals surface area (Å²) in [6.45, 7) is 5.89. The van der Waals surface area contributed by atoms with Gasteiger partial charge in [0.1, 0.15) is 10.6 Å². The molecule has 0 aromatic heterocycles. The average Bonchev–Trinajstić information content (AvgIpc) is 2.39. The SMILES string of the molecule is CCCC(C)C(=O)Nc1ccc(OCC)c(S(N)(=O)=O)c1. The summed E-state index contributed by atoms with van der Waals surface area (Å²) in [5.41, 5.74) is 0.385. The van der Waals surface area contributed by atoms with Crippen molar-refractivity contribution in [3.63, 3.8) is 0 Å². The molecule has 21 heavy (non-hydrogen) atoms. The van der Waals surface area contributed by atoms with Crippen molar-refractivity contribution < 1.29 is 17.9 Å². The van der Waals surface area contributed by atoms with Crippen LogP contribution in [0.4, 0.5) is 5.69 Å². The molecule has 1 aromatic rings. The smallest absolute Gasteiger partial charge is 0.241 e. The molecule has 7 heteroatoms. The zero-order chi connectivity index (χ0) is 16.0. The first-order valence-corrected chi connectivity index (χ1v) is 8.44.